The van der Waals surface area contributed by atoms with Gasteiger partial charge in [-0.2, -0.15) is 0 Å². The van der Waals surface area contributed by atoms with E-state index in [-0.39, 0.29) is 11.8 Å². The van der Waals surface area contributed by atoms with Crippen LogP contribution in [0.5, 0.6) is 0 Å². The summed E-state index contributed by atoms with van der Waals surface area (Å²) >= 11 is 1.41. The second-order valence-electron chi connectivity index (χ2n) is 6.44. The molecule has 1 aromatic carbocycles. The number of nitrogens with one attached hydrogen (secondary N) is 1. The minimum Gasteiger partial charge on any atom is -0.325 e. The van der Waals surface area contributed by atoms with Crippen molar-refractivity contribution < 1.29 is 9.59 Å². The molecule has 134 valence electrons. The predicted octanol–water partition coefficient (Wildman–Crippen LogP) is 3.93. The highest BCUT2D eigenvalue weighted by molar-refractivity contribution is 7.13. The fourth-order valence-electron chi connectivity index (χ4n) is 3.05. The molecular formula is C21H17N3O2S. The Morgan fingerprint density at radius 3 is 2.78 bits per heavy atom. The van der Waals surface area contributed by atoms with E-state index in [1.54, 1.807) is 11.5 Å². The summed E-state index contributed by atoms with van der Waals surface area (Å²) in [5.74, 6) is -0.474. The quantitative estimate of drug-likeness (QED) is 0.864. The van der Waals surface area contributed by atoms with Gasteiger partial charge in [-0.1, -0.05) is 42.0 Å². The number of hydrogen-bond acceptors (Lipinski definition) is 4. The third-order valence-electron chi connectivity index (χ3n) is 4.73. The van der Waals surface area contributed by atoms with Crippen molar-refractivity contribution in [3.63, 3.8) is 0 Å². The van der Waals surface area contributed by atoms with E-state index >= 15 is 0 Å². The highest BCUT2D eigenvalue weighted by atomic mass is 32.1. The van der Waals surface area contributed by atoms with Gasteiger partial charge in [0, 0.05) is 28.1 Å². The Balaban J connectivity index is 1.58. The van der Waals surface area contributed by atoms with Crippen molar-refractivity contribution >= 4 is 28.9 Å². The van der Waals surface area contributed by atoms with Crippen LogP contribution in [0.25, 0.3) is 10.6 Å². The maximum Gasteiger partial charge on any atom is 0.297 e. The van der Waals surface area contributed by atoms with Crippen LogP contribution in [0.2, 0.25) is 0 Å². The van der Waals surface area contributed by atoms with Crippen molar-refractivity contribution in [2.45, 2.75) is 13.8 Å². The molecule has 1 atom stereocenters. The number of nitrogens with zero attached hydrogens (tertiary/aromatic N) is 2. The largest absolute Gasteiger partial charge is 0.325 e. The molecule has 0 spiro atoms. The Morgan fingerprint density at radius 1 is 1.22 bits per heavy atom. The lowest BCUT2D eigenvalue weighted by atomic mass is 9.85. The van der Waals surface area contributed by atoms with E-state index in [1.807, 2.05) is 56.3 Å². The number of carbonyl (C=O) groups excluding carboxylic acids is 2. The van der Waals surface area contributed by atoms with Crippen LogP contribution in [0, 0.1) is 5.92 Å². The Kier molecular flexibility index (Phi) is 4.41. The van der Waals surface area contributed by atoms with Gasteiger partial charge >= 0.3 is 0 Å². The standard InChI is InChI=1S/C21H17N3O2S/c1-12-13(2)19(25)23-17-10-15(8-9-16(12)17)22-20(26)18-11-27-21(24-18)14-6-4-3-5-7-14/h3-11,16H,1-2H3,(H,23,25). The molecule has 2 amide bonds. The predicted molar refractivity (Wildman–Crippen MR) is 107 cm³/mol. The molecule has 6 heteroatoms. The van der Waals surface area contributed by atoms with E-state index in [2.05, 4.69) is 15.3 Å². The fraction of sp³-hybridized carbons (Fsp3) is 0.143. The summed E-state index contributed by atoms with van der Waals surface area (Å²) in [4.78, 5) is 33.1. The number of amides is 2. The van der Waals surface area contributed by atoms with Gasteiger partial charge in [0.25, 0.3) is 11.8 Å². The van der Waals surface area contributed by atoms with Crippen LogP contribution < -0.4 is 5.32 Å². The van der Waals surface area contributed by atoms with Gasteiger partial charge in [-0.15, -0.1) is 11.3 Å². The molecule has 0 bridgehead atoms. The number of allylic oxidation sites excluding steroid dienone is 3. The van der Waals surface area contributed by atoms with Gasteiger partial charge in [-0.05, 0) is 26.0 Å². The fourth-order valence-corrected chi connectivity index (χ4v) is 3.85. The van der Waals surface area contributed by atoms with Gasteiger partial charge in [0.1, 0.15) is 10.7 Å². The first-order valence-corrected chi connectivity index (χ1v) is 9.43. The van der Waals surface area contributed by atoms with Crippen LogP contribution in [0.4, 0.5) is 0 Å². The SMILES string of the molecule is CC1=C(C)C2C=CC(=NC(=O)c3csc(-c4ccccc4)n3)C=C2NC1=O. The molecule has 1 aliphatic heterocycles. The van der Waals surface area contributed by atoms with Crippen LogP contribution in [0.1, 0.15) is 24.3 Å². The second-order valence-corrected chi connectivity index (χ2v) is 7.30. The zero-order valence-electron chi connectivity index (χ0n) is 14.9. The molecule has 4 rings (SSSR count). The molecule has 1 unspecified atom stereocenters. The van der Waals surface area contributed by atoms with Crippen molar-refractivity contribution in [1.29, 1.82) is 0 Å². The minimum absolute atomic E-state index is 0.0284. The highest BCUT2D eigenvalue weighted by Gasteiger charge is 2.27. The van der Waals surface area contributed by atoms with Crippen LogP contribution in [0.15, 0.2) is 75.8 Å². The number of rotatable bonds is 2. The van der Waals surface area contributed by atoms with Crippen LogP contribution in [0.3, 0.4) is 0 Å². The smallest absolute Gasteiger partial charge is 0.297 e. The first kappa shape index (κ1) is 17.3. The maximum atomic E-state index is 12.5. The average Bonchev–Trinajstić information content (AvgIpc) is 3.17. The third-order valence-corrected chi connectivity index (χ3v) is 5.62. The summed E-state index contributed by atoms with van der Waals surface area (Å²) in [7, 11) is 0. The van der Waals surface area contributed by atoms with Gasteiger partial charge in [-0.25, -0.2) is 9.98 Å². The van der Waals surface area contributed by atoms with E-state index in [9.17, 15) is 9.59 Å². The molecule has 1 aromatic heterocycles. The van der Waals surface area contributed by atoms with Gasteiger partial charge in [0.2, 0.25) is 0 Å². The molecule has 1 N–H and O–H groups in total. The second kappa shape index (κ2) is 6.89. The monoisotopic (exact) mass is 375 g/mol. The Labute approximate surface area is 160 Å². The molecule has 2 aliphatic rings. The molecule has 0 saturated carbocycles. The van der Waals surface area contributed by atoms with Gasteiger partial charge < -0.3 is 5.32 Å². The molecule has 5 nitrogen and oxygen atoms in total. The van der Waals surface area contributed by atoms with E-state index < -0.39 is 5.91 Å². The summed E-state index contributed by atoms with van der Waals surface area (Å²) < 4.78 is 0. The summed E-state index contributed by atoms with van der Waals surface area (Å²) in [6, 6.07) is 9.72. The van der Waals surface area contributed by atoms with E-state index in [4.69, 9.17) is 0 Å². The van der Waals surface area contributed by atoms with Gasteiger partial charge in [0.15, 0.2) is 0 Å². The number of hydrogen-bond donors (Lipinski definition) is 1. The molecular weight excluding hydrogens is 358 g/mol. The summed E-state index contributed by atoms with van der Waals surface area (Å²) in [6.45, 7) is 3.76. The Morgan fingerprint density at radius 2 is 2.00 bits per heavy atom. The van der Waals surface area contributed by atoms with E-state index in [0.717, 1.165) is 27.4 Å². The van der Waals surface area contributed by atoms with E-state index in [0.29, 0.717) is 11.4 Å². The normalized spacial score (nSPS) is 20.4. The molecule has 2 heterocycles. The van der Waals surface area contributed by atoms with Crippen molar-refractivity contribution in [3.8, 4) is 10.6 Å². The van der Waals surface area contributed by atoms with Crippen molar-refractivity contribution in [2.24, 2.45) is 10.9 Å². The van der Waals surface area contributed by atoms with Crippen molar-refractivity contribution in [1.82, 2.24) is 10.3 Å². The number of benzene rings is 1. The molecule has 2 aromatic rings. The number of aliphatic imine (C=N–C) groups is 1. The third kappa shape index (κ3) is 3.31. The van der Waals surface area contributed by atoms with Gasteiger partial charge in [0.05, 0.1) is 5.71 Å². The topological polar surface area (TPSA) is 71.4 Å². The molecule has 0 fully saturated rings. The lowest BCUT2D eigenvalue weighted by Crippen LogP contribution is -2.35. The lowest BCUT2D eigenvalue weighted by Gasteiger charge is -2.28. The molecule has 0 saturated heterocycles. The summed E-state index contributed by atoms with van der Waals surface area (Å²) in [6.07, 6.45) is 5.52. The average molecular weight is 375 g/mol. The lowest BCUT2D eigenvalue weighted by molar-refractivity contribution is -0.117. The van der Waals surface area contributed by atoms with Gasteiger partial charge in [-0.3, -0.25) is 9.59 Å². The number of aromatic nitrogens is 1. The first-order valence-electron chi connectivity index (χ1n) is 8.55. The van der Waals surface area contributed by atoms with Crippen LogP contribution >= 0.6 is 11.3 Å². The van der Waals surface area contributed by atoms with Crippen LogP contribution in [-0.2, 0) is 4.79 Å². The first-order chi connectivity index (χ1) is 13.0. The number of carbonyl (C=O) groups is 2. The number of fused-ring (bicyclic) bond motifs is 1. The maximum absolute atomic E-state index is 12.5. The molecule has 27 heavy (non-hydrogen) atoms. The van der Waals surface area contributed by atoms with Crippen molar-refractivity contribution in [3.05, 3.63) is 76.5 Å². The Bertz CT molecular complexity index is 1060. The minimum atomic E-state index is -0.394. The van der Waals surface area contributed by atoms with E-state index in [1.165, 1.54) is 11.3 Å². The summed E-state index contributed by atoms with van der Waals surface area (Å²) in [5, 5.41) is 5.38. The summed E-state index contributed by atoms with van der Waals surface area (Å²) in [5.41, 5.74) is 4.29. The Hall–Kier alpha value is -3.12. The van der Waals surface area contributed by atoms with Crippen LogP contribution in [-0.4, -0.2) is 22.5 Å². The zero-order valence-corrected chi connectivity index (χ0v) is 15.7. The molecule has 1 aliphatic carbocycles. The van der Waals surface area contributed by atoms with Crippen molar-refractivity contribution in [2.75, 3.05) is 0 Å². The zero-order chi connectivity index (χ0) is 19.0. The highest BCUT2D eigenvalue weighted by Crippen LogP contribution is 2.30. The number of thiazole rings is 1. The molecule has 0 radical (unpaired) electrons.